The van der Waals surface area contributed by atoms with Crippen molar-refractivity contribution in [3.63, 3.8) is 0 Å². The fraction of sp³-hybridized carbons (Fsp3) is 0.111. The van der Waals surface area contributed by atoms with Crippen LogP contribution in [-0.4, -0.2) is 10.8 Å². The number of nitrogens with zero attached hydrogens (tertiary/aromatic N) is 2. The Balaban J connectivity index is 2.19. The van der Waals surface area contributed by atoms with E-state index in [-0.39, 0.29) is 16.9 Å². The molecule has 0 aromatic heterocycles. The van der Waals surface area contributed by atoms with E-state index in [9.17, 15) is 20.2 Å². The van der Waals surface area contributed by atoms with Crippen LogP contribution in [0.2, 0.25) is 0 Å². The minimum Gasteiger partial charge on any atom is -0.321 e. The Morgan fingerprint density at radius 1 is 1.29 bits per heavy atom. The summed E-state index contributed by atoms with van der Waals surface area (Å²) in [4.78, 5) is 22.4. The number of benzene rings is 2. The number of non-ortho nitro benzene ring substituents is 1. The number of carbonyl (C=O) groups is 1. The van der Waals surface area contributed by atoms with E-state index in [2.05, 4.69) is 5.32 Å². The summed E-state index contributed by atoms with van der Waals surface area (Å²) in [6, 6.07) is 14.9. The van der Waals surface area contributed by atoms with Crippen molar-refractivity contribution in [2.45, 2.75) is 13.3 Å². The molecular formula is C18H15N3O3. The molecule has 0 spiro atoms. The highest BCUT2D eigenvalue weighted by Gasteiger charge is 2.12. The van der Waals surface area contributed by atoms with E-state index in [4.69, 9.17) is 0 Å². The second-order valence-corrected chi connectivity index (χ2v) is 5.03. The van der Waals surface area contributed by atoms with Crippen molar-refractivity contribution < 1.29 is 9.72 Å². The number of hydrogen-bond donors (Lipinski definition) is 1. The van der Waals surface area contributed by atoms with E-state index in [1.807, 2.05) is 37.3 Å². The van der Waals surface area contributed by atoms with E-state index in [0.29, 0.717) is 0 Å². The van der Waals surface area contributed by atoms with Gasteiger partial charge in [0.15, 0.2) is 0 Å². The number of hydrogen-bond acceptors (Lipinski definition) is 4. The standard InChI is InChI=1S/C18H15N3O3/c1-2-13-6-8-14(9-7-13)10-15(12-19)18(22)20-16-4-3-5-17(11-16)21(23)24/h3-11H,2H2,1H3,(H,20,22). The third-order valence-corrected chi connectivity index (χ3v) is 3.38. The first-order chi connectivity index (χ1) is 11.5. The molecule has 1 amide bonds. The molecule has 0 heterocycles. The summed E-state index contributed by atoms with van der Waals surface area (Å²) in [5, 5.41) is 22.4. The molecule has 0 atom stereocenters. The van der Waals surface area contributed by atoms with Crippen molar-refractivity contribution >= 4 is 23.4 Å². The summed E-state index contributed by atoms with van der Waals surface area (Å²) in [5.74, 6) is -0.613. The molecule has 0 fully saturated rings. The van der Waals surface area contributed by atoms with Crippen molar-refractivity contribution in [2.24, 2.45) is 0 Å². The number of aryl methyl sites for hydroxylation is 1. The van der Waals surface area contributed by atoms with Gasteiger partial charge in [-0.3, -0.25) is 14.9 Å². The minimum absolute atomic E-state index is 0.0780. The molecule has 2 aromatic carbocycles. The zero-order valence-corrected chi connectivity index (χ0v) is 13.0. The van der Waals surface area contributed by atoms with Gasteiger partial charge >= 0.3 is 0 Å². The molecule has 24 heavy (non-hydrogen) atoms. The van der Waals surface area contributed by atoms with Crippen LogP contribution in [-0.2, 0) is 11.2 Å². The Morgan fingerprint density at radius 2 is 2.00 bits per heavy atom. The minimum atomic E-state index is -0.613. The molecule has 0 bridgehead atoms. The molecule has 6 heteroatoms. The first-order valence-corrected chi connectivity index (χ1v) is 7.30. The number of nitro benzene ring substituents is 1. The van der Waals surface area contributed by atoms with Crippen molar-refractivity contribution in [1.82, 2.24) is 0 Å². The highest BCUT2D eigenvalue weighted by atomic mass is 16.6. The summed E-state index contributed by atoms with van der Waals surface area (Å²) in [5.41, 5.74) is 1.94. The van der Waals surface area contributed by atoms with Crippen LogP contribution in [0, 0.1) is 21.4 Å². The SMILES string of the molecule is CCc1ccc(C=C(C#N)C(=O)Nc2cccc([N+](=O)[O-])c2)cc1. The molecule has 0 saturated heterocycles. The average molecular weight is 321 g/mol. The molecule has 1 N–H and O–H groups in total. The van der Waals surface area contributed by atoms with Crippen LogP contribution in [0.4, 0.5) is 11.4 Å². The van der Waals surface area contributed by atoms with Crippen molar-refractivity contribution in [2.75, 3.05) is 5.32 Å². The number of anilines is 1. The molecular weight excluding hydrogens is 306 g/mol. The maximum Gasteiger partial charge on any atom is 0.271 e. The molecule has 2 aromatic rings. The van der Waals surface area contributed by atoms with Crippen molar-refractivity contribution in [3.05, 3.63) is 75.3 Å². The quantitative estimate of drug-likeness (QED) is 0.393. The number of nitrogens with one attached hydrogen (secondary N) is 1. The molecule has 6 nitrogen and oxygen atoms in total. The lowest BCUT2D eigenvalue weighted by molar-refractivity contribution is -0.384. The first-order valence-electron chi connectivity index (χ1n) is 7.30. The third kappa shape index (κ3) is 4.27. The van der Waals surface area contributed by atoms with Gasteiger partial charge in [0, 0.05) is 17.8 Å². The van der Waals surface area contributed by atoms with E-state index in [1.165, 1.54) is 30.3 Å². The molecule has 0 saturated carbocycles. The predicted molar refractivity (Wildman–Crippen MR) is 91.1 cm³/mol. The van der Waals surface area contributed by atoms with Crippen LogP contribution < -0.4 is 5.32 Å². The lowest BCUT2D eigenvalue weighted by Crippen LogP contribution is -2.13. The van der Waals surface area contributed by atoms with E-state index in [1.54, 1.807) is 0 Å². The number of nitro groups is 1. The number of carbonyl (C=O) groups excluding carboxylic acids is 1. The highest BCUT2D eigenvalue weighted by molar-refractivity contribution is 6.09. The maximum atomic E-state index is 12.2. The fourth-order valence-corrected chi connectivity index (χ4v) is 2.06. The smallest absolute Gasteiger partial charge is 0.271 e. The van der Waals surface area contributed by atoms with Crippen LogP contribution in [0.5, 0.6) is 0 Å². The Kier molecular flexibility index (Phi) is 5.42. The zero-order chi connectivity index (χ0) is 17.5. The van der Waals surface area contributed by atoms with E-state index >= 15 is 0 Å². The largest absolute Gasteiger partial charge is 0.321 e. The van der Waals surface area contributed by atoms with Crippen molar-refractivity contribution in [3.8, 4) is 6.07 Å². The fourth-order valence-electron chi connectivity index (χ4n) is 2.06. The van der Waals surface area contributed by atoms with Gasteiger partial charge in [-0.15, -0.1) is 0 Å². The lowest BCUT2D eigenvalue weighted by Gasteiger charge is -2.04. The third-order valence-electron chi connectivity index (χ3n) is 3.38. The van der Waals surface area contributed by atoms with Gasteiger partial charge in [0.25, 0.3) is 11.6 Å². The van der Waals surface area contributed by atoms with Gasteiger partial charge in [-0.1, -0.05) is 37.3 Å². The van der Waals surface area contributed by atoms with Crippen LogP contribution >= 0.6 is 0 Å². The summed E-state index contributed by atoms with van der Waals surface area (Å²) in [6.45, 7) is 2.04. The molecule has 0 aliphatic carbocycles. The van der Waals surface area contributed by atoms with Gasteiger partial charge in [-0.25, -0.2) is 0 Å². The molecule has 0 aliphatic rings. The Hall–Kier alpha value is -3.46. The van der Waals surface area contributed by atoms with Gasteiger partial charge in [0.05, 0.1) is 4.92 Å². The van der Waals surface area contributed by atoms with Crippen LogP contribution in [0.3, 0.4) is 0 Å². The van der Waals surface area contributed by atoms with E-state index in [0.717, 1.165) is 17.5 Å². The average Bonchev–Trinajstić information content (AvgIpc) is 2.60. The summed E-state index contributed by atoms with van der Waals surface area (Å²) >= 11 is 0. The second kappa shape index (κ2) is 7.70. The van der Waals surface area contributed by atoms with Crippen molar-refractivity contribution in [1.29, 1.82) is 5.26 Å². The van der Waals surface area contributed by atoms with Crippen LogP contribution in [0.15, 0.2) is 54.1 Å². The zero-order valence-electron chi connectivity index (χ0n) is 13.0. The Morgan fingerprint density at radius 3 is 2.58 bits per heavy atom. The Bertz CT molecular complexity index is 833. The van der Waals surface area contributed by atoms with Gasteiger partial charge in [0.2, 0.25) is 0 Å². The molecule has 120 valence electrons. The Labute approximate surface area is 139 Å². The number of nitriles is 1. The van der Waals surface area contributed by atoms with Crippen LogP contribution in [0.1, 0.15) is 18.1 Å². The van der Waals surface area contributed by atoms with Gasteiger partial charge in [0.1, 0.15) is 11.6 Å². The van der Waals surface area contributed by atoms with E-state index < -0.39 is 10.8 Å². The topological polar surface area (TPSA) is 96.0 Å². The normalized spacial score (nSPS) is 10.8. The predicted octanol–water partition coefficient (Wildman–Crippen LogP) is 3.70. The summed E-state index contributed by atoms with van der Waals surface area (Å²) in [6.07, 6.45) is 2.38. The number of rotatable bonds is 5. The maximum absolute atomic E-state index is 12.2. The summed E-state index contributed by atoms with van der Waals surface area (Å²) < 4.78 is 0. The molecule has 0 unspecified atom stereocenters. The first kappa shape index (κ1) is 16.9. The molecule has 2 rings (SSSR count). The molecule has 0 radical (unpaired) electrons. The lowest BCUT2D eigenvalue weighted by atomic mass is 10.1. The monoisotopic (exact) mass is 321 g/mol. The summed E-state index contributed by atoms with van der Waals surface area (Å²) in [7, 11) is 0. The second-order valence-electron chi connectivity index (χ2n) is 5.03. The number of amides is 1. The van der Waals surface area contributed by atoms with Crippen LogP contribution in [0.25, 0.3) is 6.08 Å². The molecule has 0 aliphatic heterocycles. The highest BCUT2D eigenvalue weighted by Crippen LogP contribution is 2.18. The van der Waals surface area contributed by atoms with Gasteiger partial charge in [-0.2, -0.15) is 5.26 Å². The van der Waals surface area contributed by atoms with Gasteiger partial charge in [-0.05, 0) is 29.7 Å². The van der Waals surface area contributed by atoms with Gasteiger partial charge < -0.3 is 5.32 Å².